The molecule has 2 aromatic rings. The van der Waals surface area contributed by atoms with Gasteiger partial charge in [0.25, 0.3) is 5.91 Å². The summed E-state index contributed by atoms with van der Waals surface area (Å²) in [6, 6.07) is 7.98. The number of sulfonamides is 1. The number of benzene rings is 1. The van der Waals surface area contributed by atoms with Gasteiger partial charge in [0, 0.05) is 6.07 Å². The lowest BCUT2D eigenvalue weighted by Crippen LogP contribution is -2.27. The smallest absolute Gasteiger partial charge is 0.290 e. The highest BCUT2D eigenvalue weighted by Gasteiger charge is 2.18. The summed E-state index contributed by atoms with van der Waals surface area (Å²) in [5, 5.41) is 6.40. The SMILES string of the molecule is Cc1cc(C(=O)N[C@@H](C)c2ccccc2NS(C)(=O)=O)on1. The Morgan fingerprint density at radius 1 is 1.32 bits per heavy atom. The van der Waals surface area contributed by atoms with E-state index in [4.69, 9.17) is 4.52 Å². The van der Waals surface area contributed by atoms with Gasteiger partial charge in [-0.3, -0.25) is 9.52 Å². The Bertz CT molecular complexity index is 783. The van der Waals surface area contributed by atoms with Gasteiger partial charge in [-0.25, -0.2) is 8.42 Å². The summed E-state index contributed by atoms with van der Waals surface area (Å²) in [5.74, 6) is -0.305. The molecule has 22 heavy (non-hydrogen) atoms. The van der Waals surface area contributed by atoms with Crippen molar-refractivity contribution in [3.05, 3.63) is 47.3 Å². The fourth-order valence-corrected chi connectivity index (χ4v) is 2.57. The maximum Gasteiger partial charge on any atom is 0.290 e. The van der Waals surface area contributed by atoms with Crippen LogP contribution < -0.4 is 10.0 Å². The van der Waals surface area contributed by atoms with Crippen LogP contribution in [0.1, 0.15) is 34.8 Å². The average Bonchev–Trinajstić information content (AvgIpc) is 2.84. The molecule has 1 aromatic carbocycles. The summed E-state index contributed by atoms with van der Waals surface area (Å²) >= 11 is 0. The maximum atomic E-state index is 12.1. The lowest BCUT2D eigenvalue weighted by atomic mass is 10.1. The lowest BCUT2D eigenvalue weighted by molar-refractivity contribution is 0.0902. The first-order chi connectivity index (χ1) is 10.3. The second kappa shape index (κ2) is 6.18. The fraction of sp³-hybridized carbons (Fsp3) is 0.286. The third-order valence-electron chi connectivity index (χ3n) is 2.92. The van der Waals surface area contributed by atoms with Crippen LogP contribution >= 0.6 is 0 Å². The molecular weight excluding hydrogens is 306 g/mol. The molecule has 0 unspecified atom stereocenters. The van der Waals surface area contributed by atoms with E-state index in [9.17, 15) is 13.2 Å². The van der Waals surface area contributed by atoms with Crippen LogP contribution in [0.25, 0.3) is 0 Å². The van der Waals surface area contributed by atoms with E-state index in [1.54, 1.807) is 38.1 Å². The number of para-hydroxylation sites is 1. The van der Waals surface area contributed by atoms with E-state index in [1.165, 1.54) is 6.07 Å². The summed E-state index contributed by atoms with van der Waals surface area (Å²) in [5.41, 5.74) is 1.68. The van der Waals surface area contributed by atoms with E-state index < -0.39 is 22.0 Å². The van der Waals surface area contributed by atoms with Crippen molar-refractivity contribution >= 4 is 21.6 Å². The zero-order valence-corrected chi connectivity index (χ0v) is 13.3. The highest BCUT2D eigenvalue weighted by molar-refractivity contribution is 7.92. The molecule has 1 atom stereocenters. The molecule has 0 saturated carbocycles. The zero-order chi connectivity index (χ0) is 16.3. The number of carbonyl (C=O) groups excluding carboxylic acids is 1. The molecule has 0 aliphatic carbocycles. The molecule has 0 bridgehead atoms. The molecule has 1 heterocycles. The van der Waals surface area contributed by atoms with E-state index in [1.807, 2.05) is 0 Å². The Hall–Kier alpha value is -2.35. The number of nitrogens with zero attached hydrogens (tertiary/aromatic N) is 1. The zero-order valence-electron chi connectivity index (χ0n) is 12.5. The largest absolute Gasteiger partial charge is 0.351 e. The van der Waals surface area contributed by atoms with Crippen molar-refractivity contribution in [1.29, 1.82) is 0 Å². The van der Waals surface area contributed by atoms with E-state index in [0.29, 0.717) is 16.9 Å². The highest BCUT2D eigenvalue weighted by atomic mass is 32.2. The van der Waals surface area contributed by atoms with Gasteiger partial charge in [0.15, 0.2) is 0 Å². The maximum absolute atomic E-state index is 12.1. The first-order valence-electron chi connectivity index (χ1n) is 6.57. The van der Waals surface area contributed by atoms with Crippen LogP contribution in [0.4, 0.5) is 5.69 Å². The summed E-state index contributed by atoms with van der Waals surface area (Å²) in [7, 11) is -3.40. The van der Waals surface area contributed by atoms with Gasteiger partial charge < -0.3 is 9.84 Å². The van der Waals surface area contributed by atoms with Gasteiger partial charge in [0.1, 0.15) is 0 Å². The molecule has 0 saturated heterocycles. The Labute approximate surface area is 128 Å². The van der Waals surface area contributed by atoms with Crippen LogP contribution in [-0.2, 0) is 10.0 Å². The molecule has 7 nitrogen and oxygen atoms in total. The van der Waals surface area contributed by atoms with Crippen molar-refractivity contribution in [2.24, 2.45) is 0 Å². The third kappa shape index (κ3) is 4.08. The molecular formula is C14H17N3O4S. The monoisotopic (exact) mass is 323 g/mol. The van der Waals surface area contributed by atoms with Crippen LogP contribution in [0, 0.1) is 6.92 Å². The minimum Gasteiger partial charge on any atom is -0.351 e. The van der Waals surface area contributed by atoms with E-state index >= 15 is 0 Å². The third-order valence-corrected chi connectivity index (χ3v) is 3.51. The number of anilines is 1. The predicted octanol–water partition coefficient (Wildman–Crippen LogP) is 1.85. The van der Waals surface area contributed by atoms with E-state index in [-0.39, 0.29) is 5.76 Å². The molecule has 2 rings (SSSR count). The quantitative estimate of drug-likeness (QED) is 0.874. The van der Waals surface area contributed by atoms with Crippen LogP contribution in [-0.4, -0.2) is 25.7 Å². The van der Waals surface area contributed by atoms with Crippen LogP contribution in [0.3, 0.4) is 0 Å². The van der Waals surface area contributed by atoms with Crippen molar-refractivity contribution < 1.29 is 17.7 Å². The molecule has 0 spiro atoms. The Kier molecular flexibility index (Phi) is 4.51. The molecule has 0 aliphatic heterocycles. The van der Waals surface area contributed by atoms with Crippen LogP contribution in [0.15, 0.2) is 34.9 Å². The Balaban J connectivity index is 2.19. The number of amides is 1. The Morgan fingerprint density at radius 2 is 2.00 bits per heavy atom. The first-order valence-corrected chi connectivity index (χ1v) is 8.46. The standard InChI is InChI=1S/C14H17N3O4S/c1-9-8-13(21-16-9)14(18)15-10(2)11-6-4-5-7-12(11)17-22(3,19)20/h4-8,10,17H,1-3H3,(H,15,18)/t10-/m0/s1. The molecule has 0 fully saturated rings. The van der Waals surface area contributed by atoms with Crippen molar-refractivity contribution in [2.75, 3.05) is 11.0 Å². The summed E-state index contributed by atoms with van der Waals surface area (Å²) < 4.78 is 30.1. The number of hydrogen-bond donors (Lipinski definition) is 2. The lowest BCUT2D eigenvalue weighted by Gasteiger charge is -2.17. The summed E-state index contributed by atoms with van der Waals surface area (Å²) in [4.78, 5) is 12.1. The van der Waals surface area contributed by atoms with E-state index in [2.05, 4.69) is 15.2 Å². The van der Waals surface area contributed by atoms with Gasteiger partial charge in [0.05, 0.1) is 23.7 Å². The molecule has 1 amide bonds. The minimum absolute atomic E-state index is 0.109. The second-order valence-corrected chi connectivity index (χ2v) is 6.74. The first kappa shape index (κ1) is 16.0. The van der Waals surface area contributed by atoms with Gasteiger partial charge in [-0.05, 0) is 25.5 Å². The molecule has 8 heteroatoms. The number of carbonyl (C=O) groups is 1. The Morgan fingerprint density at radius 3 is 2.59 bits per heavy atom. The van der Waals surface area contributed by atoms with Crippen molar-refractivity contribution in [3.63, 3.8) is 0 Å². The number of aryl methyl sites for hydroxylation is 1. The number of hydrogen-bond acceptors (Lipinski definition) is 5. The van der Waals surface area contributed by atoms with Gasteiger partial charge in [-0.15, -0.1) is 0 Å². The second-order valence-electron chi connectivity index (χ2n) is 4.99. The molecule has 0 radical (unpaired) electrons. The predicted molar refractivity (Wildman–Crippen MR) is 82.0 cm³/mol. The number of rotatable bonds is 5. The normalized spacial score (nSPS) is 12.7. The molecule has 1 aromatic heterocycles. The number of nitrogens with one attached hydrogen (secondary N) is 2. The fourth-order valence-electron chi connectivity index (χ4n) is 1.98. The number of aromatic nitrogens is 1. The molecule has 118 valence electrons. The topological polar surface area (TPSA) is 101 Å². The average molecular weight is 323 g/mol. The van der Waals surface area contributed by atoms with Gasteiger partial charge in [-0.1, -0.05) is 23.4 Å². The van der Waals surface area contributed by atoms with Crippen molar-refractivity contribution in [3.8, 4) is 0 Å². The molecule has 2 N–H and O–H groups in total. The summed E-state index contributed by atoms with van der Waals surface area (Å²) in [6.07, 6.45) is 1.07. The van der Waals surface area contributed by atoms with E-state index in [0.717, 1.165) is 6.26 Å². The van der Waals surface area contributed by atoms with Gasteiger partial charge >= 0.3 is 0 Å². The minimum atomic E-state index is -3.40. The molecule has 0 aliphatic rings. The highest BCUT2D eigenvalue weighted by Crippen LogP contribution is 2.23. The summed E-state index contributed by atoms with van der Waals surface area (Å²) in [6.45, 7) is 3.47. The van der Waals surface area contributed by atoms with Crippen molar-refractivity contribution in [1.82, 2.24) is 10.5 Å². The van der Waals surface area contributed by atoms with Crippen molar-refractivity contribution in [2.45, 2.75) is 19.9 Å². The van der Waals surface area contributed by atoms with Gasteiger partial charge in [-0.2, -0.15) is 0 Å². The van der Waals surface area contributed by atoms with Crippen LogP contribution in [0.5, 0.6) is 0 Å². The van der Waals surface area contributed by atoms with Crippen LogP contribution in [0.2, 0.25) is 0 Å². The van der Waals surface area contributed by atoms with Gasteiger partial charge in [0.2, 0.25) is 15.8 Å².